The van der Waals surface area contributed by atoms with Gasteiger partial charge in [0.05, 0.1) is 6.54 Å². The molecule has 0 spiro atoms. The van der Waals surface area contributed by atoms with Crippen molar-refractivity contribution in [1.29, 1.82) is 0 Å². The molecule has 1 unspecified atom stereocenters. The Morgan fingerprint density at radius 3 is 2.88 bits per heavy atom. The fourth-order valence-corrected chi connectivity index (χ4v) is 3.34. The normalized spacial score (nSPS) is 18.2. The molecular formula is C18H26N6O. The van der Waals surface area contributed by atoms with Crippen molar-refractivity contribution in [3.05, 3.63) is 47.0 Å². The second-order valence-electron chi connectivity index (χ2n) is 6.88. The number of benzene rings is 1. The Hall–Kier alpha value is -2.25. The molecule has 1 aromatic carbocycles. The monoisotopic (exact) mass is 342 g/mol. The van der Waals surface area contributed by atoms with E-state index in [1.807, 2.05) is 36.7 Å². The molecule has 2 N–H and O–H groups in total. The van der Waals surface area contributed by atoms with Gasteiger partial charge in [0.15, 0.2) is 0 Å². The van der Waals surface area contributed by atoms with Crippen LogP contribution in [0.5, 0.6) is 0 Å². The zero-order valence-electron chi connectivity index (χ0n) is 15.1. The highest BCUT2D eigenvalue weighted by molar-refractivity contribution is 5.92. The minimum atomic E-state index is -0.375. The molecule has 0 bridgehead atoms. The minimum absolute atomic E-state index is 0.375. The summed E-state index contributed by atoms with van der Waals surface area (Å²) >= 11 is 0. The number of likely N-dealkylation sites (N-methyl/N-ethyl adjacent to an activating group) is 1. The van der Waals surface area contributed by atoms with Crippen molar-refractivity contribution in [3.8, 4) is 0 Å². The van der Waals surface area contributed by atoms with Crippen LogP contribution in [0.4, 0.5) is 0 Å². The zero-order valence-corrected chi connectivity index (χ0v) is 15.1. The highest BCUT2D eigenvalue weighted by atomic mass is 16.1. The molecule has 7 nitrogen and oxygen atoms in total. The maximum Gasteiger partial charge on any atom is 0.248 e. The second-order valence-corrected chi connectivity index (χ2v) is 6.88. The van der Waals surface area contributed by atoms with E-state index >= 15 is 0 Å². The first-order valence-corrected chi connectivity index (χ1v) is 8.60. The maximum atomic E-state index is 11.3. The Morgan fingerprint density at radius 2 is 2.20 bits per heavy atom. The quantitative estimate of drug-likeness (QED) is 0.845. The number of nitrogens with two attached hydrogens (primary N) is 1. The number of aromatic nitrogens is 3. The van der Waals surface area contributed by atoms with Crippen LogP contribution in [-0.4, -0.2) is 56.7 Å². The number of hydrogen-bond donors (Lipinski definition) is 1. The van der Waals surface area contributed by atoms with Crippen LogP contribution in [0, 0.1) is 6.92 Å². The van der Waals surface area contributed by atoms with Gasteiger partial charge in [0.25, 0.3) is 0 Å². The highest BCUT2D eigenvalue weighted by Crippen LogP contribution is 2.19. The second kappa shape index (κ2) is 7.33. The van der Waals surface area contributed by atoms with Gasteiger partial charge >= 0.3 is 0 Å². The predicted molar refractivity (Wildman–Crippen MR) is 95.8 cm³/mol. The third-order valence-electron chi connectivity index (χ3n) is 5.06. The molecule has 0 aliphatic carbocycles. The van der Waals surface area contributed by atoms with Gasteiger partial charge in [-0.25, -0.2) is 0 Å². The summed E-state index contributed by atoms with van der Waals surface area (Å²) in [5, 5.41) is 8.38. The molecule has 7 heteroatoms. The molecule has 2 aromatic rings. The van der Waals surface area contributed by atoms with Gasteiger partial charge in [0, 0.05) is 38.3 Å². The fourth-order valence-electron chi connectivity index (χ4n) is 3.34. The number of primary amides is 1. The molecule has 1 aliphatic heterocycles. The smallest absolute Gasteiger partial charge is 0.248 e. The van der Waals surface area contributed by atoms with E-state index < -0.39 is 0 Å². The molecule has 1 aliphatic rings. The van der Waals surface area contributed by atoms with Crippen LogP contribution in [-0.2, 0) is 20.1 Å². The molecule has 0 saturated carbocycles. The van der Waals surface area contributed by atoms with E-state index in [-0.39, 0.29) is 5.91 Å². The molecule has 1 atom stereocenters. The molecular weight excluding hydrogens is 316 g/mol. The third-order valence-corrected chi connectivity index (χ3v) is 5.06. The molecule has 2 heterocycles. The minimum Gasteiger partial charge on any atom is -0.366 e. The van der Waals surface area contributed by atoms with Crippen LogP contribution in [0.2, 0.25) is 0 Å². The van der Waals surface area contributed by atoms with Crippen molar-refractivity contribution in [3.63, 3.8) is 0 Å². The first-order chi connectivity index (χ1) is 11.9. The largest absolute Gasteiger partial charge is 0.366 e. The SMILES string of the molecule is Cc1nnc(CN(C)C2CCN(Cc3cccc(C(N)=O)c3)C2)n1C. The average Bonchev–Trinajstić information content (AvgIpc) is 3.17. The summed E-state index contributed by atoms with van der Waals surface area (Å²) in [6, 6.07) is 8.09. The van der Waals surface area contributed by atoms with Gasteiger partial charge in [-0.15, -0.1) is 10.2 Å². The van der Waals surface area contributed by atoms with E-state index in [9.17, 15) is 4.79 Å². The van der Waals surface area contributed by atoms with E-state index in [1.165, 1.54) is 0 Å². The number of amides is 1. The molecule has 3 rings (SSSR count). The van der Waals surface area contributed by atoms with Crippen LogP contribution in [0.25, 0.3) is 0 Å². The summed E-state index contributed by atoms with van der Waals surface area (Å²) in [6.45, 7) is 5.66. The van der Waals surface area contributed by atoms with Gasteiger partial charge in [0.2, 0.25) is 5.91 Å². The molecule has 1 amide bonds. The Balaban J connectivity index is 1.57. The maximum absolute atomic E-state index is 11.3. The summed E-state index contributed by atoms with van der Waals surface area (Å²) in [6.07, 6.45) is 1.13. The molecule has 1 saturated heterocycles. The molecule has 25 heavy (non-hydrogen) atoms. The van der Waals surface area contributed by atoms with Crippen LogP contribution in [0.15, 0.2) is 24.3 Å². The molecule has 0 radical (unpaired) electrons. The number of carbonyl (C=O) groups is 1. The van der Waals surface area contributed by atoms with Crippen molar-refractivity contribution >= 4 is 5.91 Å². The lowest BCUT2D eigenvalue weighted by Crippen LogP contribution is -2.34. The van der Waals surface area contributed by atoms with Gasteiger partial charge < -0.3 is 10.3 Å². The van der Waals surface area contributed by atoms with E-state index in [2.05, 4.69) is 27.0 Å². The van der Waals surface area contributed by atoms with Gasteiger partial charge in [-0.3, -0.25) is 14.6 Å². The summed E-state index contributed by atoms with van der Waals surface area (Å²) in [7, 11) is 4.15. The number of rotatable bonds is 6. The molecule has 1 fully saturated rings. The molecule has 134 valence electrons. The lowest BCUT2D eigenvalue weighted by Gasteiger charge is -2.24. The van der Waals surface area contributed by atoms with Crippen LogP contribution in [0.1, 0.15) is 34.0 Å². The summed E-state index contributed by atoms with van der Waals surface area (Å²) in [5.74, 6) is 1.55. The van der Waals surface area contributed by atoms with Crippen molar-refractivity contribution in [2.45, 2.75) is 32.5 Å². The number of likely N-dealkylation sites (tertiary alicyclic amines) is 1. The number of nitrogens with zero attached hydrogens (tertiary/aromatic N) is 5. The van der Waals surface area contributed by atoms with Crippen LogP contribution < -0.4 is 5.73 Å². The first kappa shape index (κ1) is 17.6. The summed E-state index contributed by atoms with van der Waals surface area (Å²) in [4.78, 5) is 16.1. The first-order valence-electron chi connectivity index (χ1n) is 8.60. The van der Waals surface area contributed by atoms with E-state index in [0.29, 0.717) is 11.6 Å². The van der Waals surface area contributed by atoms with Gasteiger partial charge in [-0.1, -0.05) is 12.1 Å². The number of aryl methyl sites for hydroxylation is 1. The number of carbonyl (C=O) groups excluding carboxylic acids is 1. The Labute approximate surface area is 148 Å². The van der Waals surface area contributed by atoms with Crippen LogP contribution >= 0.6 is 0 Å². The van der Waals surface area contributed by atoms with Crippen molar-refractivity contribution < 1.29 is 4.79 Å². The number of hydrogen-bond acceptors (Lipinski definition) is 5. The predicted octanol–water partition coefficient (Wildman–Crippen LogP) is 0.929. The van der Waals surface area contributed by atoms with Gasteiger partial charge in [-0.05, 0) is 38.1 Å². The van der Waals surface area contributed by atoms with E-state index in [1.54, 1.807) is 6.07 Å². The third kappa shape index (κ3) is 4.05. The Bertz CT molecular complexity index is 756. The molecule has 1 aromatic heterocycles. The summed E-state index contributed by atoms with van der Waals surface area (Å²) in [5.41, 5.74) is 7.07. The lowest BCUT2D eigenvalue weighted by atomic mass is 10.1. The topological polar surface area (TPSA) is 80.3 Å². The fraction of sp³-hybridized carbons (Fsp3) is 0.500. The van der Waals surface area contributed by atoms with Gasteiger partial charge in [0.1, 0.15) is 11.6 Å². The standard InChI is InChI=1S/C18H26N6O/c1-13-20-21-17(23(13)3)12-22(2)16-7-8-24(11-16)10-14-5-4-6-15(9-14)18(19)25/h4-6,9,16H,7-8,10-12H2,1-3H3,(H2,19,25). The lowest BCUT2D eigenvalue weighted by molar-refractivity contribution is 0.1000. The average molecular weight is 342 g/mol. The highest BCUT2D eigenvalue weighted by Gasteiger charge is 2.26. The van der Waals surface area contributed by atoms with E-state index in [4.69, 9.17) is 5.73 Å². The van der Waals surface area contributed by atoms with Crippen LogP contribution in [0.3, 0.4) is 0 Å². The van der Waals surface area contributed by atoms with Crippen molar-refractivity contribution in [1.82, 2.24) is 24.6 Å². The van der Waals surface area contributed by atoms with E-state index in [0.717, 1.165) is 49.8 Å². The van der Waals surface area contributed by atoms with Crippen molar-refractivity contribution in [2.24, 2.45) is 12.8 Å². The summed E-state index contributed by atoms with van der Waals surface area (Å²) < 4.78 is 2.04. The Kier molecular flexibility index (Phi) is 5.15. The van der Waals surface area contributed by atoms with Gasteiger partial charge in [-0.2, -0.15) is 0 Å². The van der Waals surface area contributed by atoms with Crippen molar-refractivity contribution in [2.75, 3.05) is 20.1 Å². The zero-order chi connectivity index (χ0) is 18.0. The Morgan fingerprint density at radius 1 is 1.40 bits per heavy atom.